The van der Waals surface area contributed by atoms with Crippen LogP contribution in [0.1, 0.15) is 46.8 Å². The Morgan fingerprint density at radius 1 is 0.767 bits per heavy atom. The van der Waals surface area contributed by atoms with Crippen molar-refractivity contribution in [3.05, 3.63) is 93.2 Å². The number of nitrogen functional groups attached to an aromatic ring is 2. The van der Waals surface area contributed by atoms with Crippen LogP contribution in [0.4, 0.5) is 28.9 Å². The molecule has 2 aliphatic heterocycles. The van der Waals surface area contributed by atoms with Crippen LogP contribution in [0.3, 0.4) is 0 Å². The van der Waals surface area contributed by atoms with Gasteiger partial charge in [0.2, 0.25) is 11.2 Å². The molecule has 2 amide bonds. The Bertz CT molecular complexity index is 2460. The molecule has 2 aromatic heterocycles. The Hall–Kier alpha value is -6.54. The molecule has 2 fully saturated rings. The van der Waals surface area contributed by atoms with Crippen molar-refractivity contribution in [2.75, 3.05) is 52.9 Å². The monoisotopic (exact) mass is 898 g/mol. The summed E-state index contributed by atoms with van der Waals surface area (Å²) in [6, 6.07) is 9.22. The number of pyridine rings is 2. The van der Waals surface area contributed by atoms with Crippen LogP contribution in [-0.4, -0.2) is 106 Å². The zero-order valence-electron chi connectivity index (χ0n) is 31.7. The average Bonchev–Trinajstić information content (AvgIpc) is 3.63. The summed E-state index contributed by atoms with van der Waals surface area (Å²) in [5, 5.41) is 19.7. The summed E-state index contributed by atoms with van der Waals surface area (Å²) >= 11 is 2.97. The standard InChI is InChI=1S/C20H17F2N3O4.C13H9BrF2N2O2.C7H9NO2.CH4/c1-25-8-7-20(28,19(25)27)6-5-11-9-12(14(22)10-13(11)21)16-4-3-15(23)17(24-16)18(26)29-2;1-20-13(19)12-10(17)2-3-11(18-12)6-4-7(14)9(16)5-8(6)15;1-3-7(10)4-5-8(2)6(7)9;/h3-4,9-10,28H,7-8,23H2,1-2H3;2-5H,17H2,1H3;1,10H,4-5H2,2H3;1H4/t20-;;7-;/m0.0./s1. The lowest BCUT2D eigenvalue weighted by molar-refractivity contribution is -0.138. The third-order valence-electron chi connectivity index (χ3n) is 8.89. The second-order valence-electron chi connectivity index (χ2n) is 12.9. The number of aliphatic hydroxyl groups is 2. The molecule has 0 unspecified atom stereocenters. The minimum atomic E-state index is -1.92. The molecule has 0 aliphatic carbocycles. The van der Waals surface area contributed by atoms with E-state index in [2.05, 4.69) is 53.1 Å². The van der Waals surface area contributed by atoms with Gasteiger partial charge in [-0.05, 0) is 52.3 Å². The SMILES string of the molecule is C.C#C[C@]1(O)CCN(C)C1=O.COC(=O)c1nc(-c2cc(Br)c(F)cc2F)ccc1N.COC(=O)c1nc(-c2cc(C#C[C@]3(O)CCN(C)C3=O)c(F)cc2F)ccc1N. The van der Waals surface area contributed by atoms with Crippen molar-refractivity contribution >= 4 is 51.1 Å². The Morgan fingerprint density at radius 2 is 1.20 bits per heavy atom. The topological polar surface area (TPSA) is 212 Å². The third-order valence-corrected chi connectivity index (χ3v) is 9.50. The first kappa shape index (κ1) is 47.8. The van der Waals surface area contributed by atoms with E-state index in [0.29, 0.717) is 25.6 Å². The summed E-state index contributed by atoms with van der Waals surface area (Å²) in [7, 11) is 5.47. The van der Waals surface area contributed by atoms with Crippen LogP contribution in [0.15, 0.2) is 53.0 Å². The first-order valence-corrected chi connectivity index (χ1v) is 17.8. The highest BCUT2D eigenvalue weighted by Gasteiger charge is 2.43. The molecule has 2 aromatic carbocycles. The van der Waals surface area contributed by atoms with E-state index < -0.39 is 52.3 Å². The van der Waals surface area contributed by atoms with Gasteiger partial charge in [-0.2, -0.15) is 0 Å². The molecule has 0 saturated carbocycles. The number of likely N-dealkylation sites (N-methyl/N-ethyl adjacent to an activating group) is 2. The molecule has 316 valence electrons. The number of methoxy groups -OCH3 is 2. The lowest BCUT2D eigenvalue weighted by Crippen LogP contribution is -2.37. The van der Waals surface area contributed by atoms with Crippen molar-refractivity contribution < 1.29 is 56.4 Å². The molecule has 60 heavy (non-hydrogen) atoms. The largest absolute Gasteiger partial charge is 0.464 e. The van der Waals surface area contributed by atoms with Gasteiger partial charge >= 0.3 is 11.9 Å². The smallest absolute Gasteiger partial charge is 0.358 e. The minimum absolute atomic E-state index is 0. The van der Waals surface area contributed by atoms with Gasteiger partial charge in [0.1, 0.15) is 23.3 Å². The number of benzene rings is 2. The van der Waals surface area contributed by atoms with Gasteiger partial charge in [-0.3, -0.25) is 9.59 Å². The summed E-state index contributed by atoms with van der Waals surface area (Å²) in [5.41, 5.74) is 7.50. The van der Waals surface area contributed by atoms with E-state index in [1.54, 1.807) is 7.05 Å². The average molecular weight is 900 g/mol. The Kier molecular flexibility index (Phi) is 15.5. The molecule has 0 bridgehead atoms. The van der Waals surface area contributed by atoms with Gasteiger partial charge in [0.15, 0.2) is 11.4 Å². The highest BCUT2D eigenvalue weighted by molar-refractivity contribution is 9.10. The molecular formula is C41H39BrF4N6O8. The predicted molar refractivity (Wildman–Crippen MR) is 215 cm³/mol. The molecule has 6 N–H and O–H groups in total. The number of nitrogens with zero attached hydrogens (tertiary/aromatic N) is 4. The molecular weight excluding hydrogens is 860 g/mol. The summed E-state index contributed by atoms with van der Waals surface area (Å²) in [5.74, 6) is 0.961. The molecule has 2 atom stereocenters. The van der Waals surface area contributed by atoms with Gasteiger partial charge in [-0.15, -0.1) is 6.42 Å². The number of aromatic nitrogens is 2. The number of carbonyl (C=O) groups is 4. The minimum Gasteiger partial charge on any atom is -0.464 e. The number of carbonyl (C=O) groups excluding carboxylic acids is 4. The lowest BCUT2D eigenvalue weighted by atomic mass is 10.0. The molecule has 2 aliphatic rings. The number of hydrogen-bond acceptors (Lipinski definition) is 12. The van der Waals surface area contributed by atoms with Crippen molar-refractivity contribution in [3.63, 3.8) is 0 Å². The molecule has 4 aromatic rings. The Labute approximate surface area is 350 Å². The molecule has 4 heterocycles. The first-order chi connectivity index (χ1) is 27.7. The quantitative estimate of drug-likeness (QED) is 0.0976. The van der Waals surface area contributed by atoms with Gasteiger partial charge in [-0.1, -0.05) is 25.2 Å². The van der Waals surface area contributed by atoms with Crippen LogP contribution in [0, 0.1) is 47.5 Å². The number of rotatable bonds is 4. The highest BCUT2D eigenvalue weighted by atomic mass is 79.9. The molecule has 14 nitrogen and oxygen atoms in total. The number of amides is 2. The maximum Gasteiger partial charge on any atom is 0.358 e. The number of anilines is 2. The number of nitrogens with two attached hydrogens (primary N) is 2. The van der Waals surface area contributed by atoms with Crippen LogP contribution in [0.2, 0.25) is 0 Å². The third kappa shape index (κ3) is 10.4. The summed E-state index contributed by atoms with van der Waals surface area (Å²) < 4.78 is 64.8. The normalized spacial score (nSPS) is 17.8. The van der Waals surface area contributed by atoms with Gasteiger partial charge in [0, 0.05) is 63.3 Å². The van der Waals surface area contributed by atoms with Crippen LogP contribution >= 0.6 is 15.9 Å². The van der Waals surface area contributed by atoms with Crippen LogP contribution in [0.25, 0.3) is 22.5 Å². The number of hydrogen-bond donors (Lipinski definition) is 4. The van der Waals surface area contributed by atoms with Crippen molar-refractivity contribution in [2.45, 2.75) is 31.5 Å². The van der Waals surface area contributed by atoms with Gasteiger partial charge in [0.05, 0.1) is 47.0 Å². The van der Waals surface area contributed by atoms with E-state index in [9.17, 15) is 47.0 Å². The van der Waals surface area contributed by atoms with Crippen LogP contribution < -0.4 is 11.5 Å². The first-order valence-electron chi connectivity index (χ1n) is 17.0. The molecule has 2 saturated heterocycles. The maximum absolute atomic E-state index is 14.4. The summed E-state index contributed by atoms with van der Waals surface area (Å²) in [6.07, 6.45) is 5.40. The van der Waals surface area contributed by atoms with Crippen molar-refractivity contribution in [1.82, 2.24) is 19.8 Å². The zero-order valence-corrected chi connectivity index (χ0v) is 33.3. The fourth-order valence-electron chi connectivity index (χ4n) is 5.45. The molecule has 0 spiro atoms. The number of terminal acetylenes is 1. The van der Waals surface area contributed by atoms with Gasteiger partial charge < -0.3 is 41.0 Å². The maximum atomic E-state index is 14.4. The number of ether oxygens (including phenoxy) is 2. The van der Waals surface area contributed by atoms with Gasteiger partial charge in [0.25, 0.3) is 11.8 Å². The van der Waals surface area contributed by atoms with Gasteiger partial charge in [-0.25, -0.2) is 37.1 Å². The van der Waals surface area contributed by atoms with E-state index in [1.807, 2.05) is 0 Å². The summed E-state index contributed by atoms with van der Waals surface area (Å²) in [6.45, 7) is 0.854. The fraction of sp³-hybridized carbons (Fsp3) is 0.268. The molecule has 6 rings (SSSR count). The van der Waals surface area contributed by atoms with E-state index >= 15 is 0 Å². The van der Waals surface area contributed by atoms with Crippen LogP contribution in [-0.2, 0) is 19.1 Å². The van der Waals surface area contributed by atoms with Crippen molar-refractivity contribution in [1.29, 1.82) is 0 Å². The van der Waals surface area contributed by atoms with Crippen molar-refractivity contribution in [2.24, 2.45) is 0 Å². The summed E-state index contributed by atoms with van der Waals surface area (Å²) in [4.78, 5) is 56.9. The van der Waals surface area contributed by atoms with E-state index in [1.165, 1.54) is 54.3 Å². The number of esters is 2. The second kappa shape index (κ2) is 19.5. The lowest BCUT2D eigenvalue weighted by Gasteiger charge is -2.13. The van der Waals surface area contributed by atoms with Crippen molar-refractivity contribution in [3.8, 4) is 46.7 Å². The highest BCUT2D eigenvalue weighted by Crippen LogP contribution is 2.30. The number of halogens is 5. The van der Waals surface area contributed by atoms with E-state index in [0.717, 1.165) is 19.2 Å². The Balaban J connectivity index is 0.000000267. The predicted octanol–water partition coefficient (Wildman–Crippen LogP) is 4.35. The number of likely N-dealkylation sites (tertiary alicyclic amines) is 2. The van der Waals surface area contributed by atoms with E-state index in [-0.39, 0.29) is 75.1 Å². The Morgan fingerprint density at radius 3 is 1.60 bits per heavy atom. The molecule has 0 radical (unpaired) electrons. The van der Waals surface area contributed by atoms with E-state index in [4.69, 9.17) is 17.9 Å². The zero-order chi connectivity index (χ0) is 44.0. The second-order valence-corrected chi connectivity index (χ2v) is 13.7. The molecule has 19 heteroatoms. The van der Waals surface area contributed by atoms with Crippen LogP contribution in [0.5, 0.6) is 0 Å². The fourth-order valence-corrected chi connectivity index (χ4v) is 5.79.